The van der Waals surface area contributed by atoms with Crippen molar-refractivity contribution < 1.29 is 9.59 Å². The van der Waals surface area contributed by atoms with Crippen LogP contribution in [0.5, 0.6) is 0 Å². The van der Waals surface area contributed by atoms with Gasteiger partial charge in [-0.2, -0.15) is 9.97 Å². The van der Waals surface area contributed by atoms with E-state index in [9.17, 15) is 9.59 Å². The van der Waals surface area contributed by atoms with Crippen LogP contribution in [0.1, 0.15) is 0 Å². The van der Waals surface area contributed by atoms with Gasteiger partial charge in [0, 0.05) is 13.1 Å². The van der Waals surface area contributed by atoms with Crippen LogP contribution in [0.2, 0.25) is 0 Å². The Morgan fingerprint density at radius 1 is 1.35 bits per heavy atom. The molecule has 1 aliphatic heterocycles. The minimum Gasteiger partial charge on any atom is -0.373 e. The minimum atomic E-state index is -0.357. The zero-order valence-corrected chi connectivity index (χ0v) is 9.23. The lowest BCUT2D eigenvalue weighted by Gasteiger charge is -2.26. The summed E-state index contributed by atoms with van der Waals surface area (Å²) in [5.74, 6) is 0.357. The monoisotopic (exact) mass is 236 g/mol. The van der Waals surface area contributed by atoms with Crippen LogP contribution in [0, 0.1) is 0 Å². The number of imide groups is 1. The highest BCUT2D eigenvalue weighted by Gasteiger charge is 2.24. The summed E-state index contributed by atoms with van der Waals surface area (Å²) >= 11 is 0. The molecule has 0 bridgehead atoms. The van der Waals surface area contributed by atoms with Gasteiger partial charge in [0.2, 0.25) is 17.8 Å². The van der Waals surface area contributed by atoms with E-state index in [4.69, 9.17) is 5.73 Å². The van der Waals surface area contributed by atoms with Crippen LogP contribution >= 0.6 is 0 Å². The molecule has 0 atom stereocenters. The Morgan fingerprint density at radius 3 is 2.59 bits per heavy atom. The standard InChI is InChI=1S/C9H12N6O2/c1-11-5-2-6(13-9(10)12-5)15-3-7(16)14-8(17)4-15/h2H,3-4H2,1H3,(H,14,16,17)(H3,10,11,12,13). The molecule has 0 aliphatic carbocycles. The third kappa shape index (κ3) is 2.41. The van der Waals surface area contributed by atoms with Crippen molar-refractivity contribution in [3.63, 3.8) is 0 Å². The molecule has 8 nitrogen and oxygen atoms in total. The van der Waals surface area contributed by atoms with Crippen molar-refractivity contribution >= 4 is 29.4 Å². The number of hydrogen-bond donors (Lipinski definition) is 3. The zero-order valence-electron chi connectivity index (χ0n) is 9.23. The third-order valence-corrected chi connectivity index (χ3v) is 2.26. The van der Waals surface area contributed by atoms with E-state index in [-0.39, 0.29) is 30.9 Å². The lowest BCUT2D eigenvalue weighted by molar-refractivity contribution is -0.130. The first-order valence-electron chi connectivity index (χ1n) is 4.98. The summed E-state index contributed by atoms with van der Waals surface area (Å²) in [6.45, 7) is 0.149. The van der Waals surface area contributed by atoms with E-state index in [0.717, 1.165) is 0 Å². The number of nitrogens with two attached hydrogens (primary N) is 1. The van der Waals surface area contributed by atoms with E-state index in [1.165, 1.54) is 0 Å². The number of carbonyl (C=O) groups is 2. The average molecular weight is 236 g/mol. The smallest absolute Gasteiger partial charge is 0.246 e. The number of carbonyl (C=O) groups excluding carboxylic acids is 2. The summed E-state index contributed by atoms with van der Waals surface area (Å²) in [6.07, 6.45) is 0. The van der Waals surface area contributed by atoms with Crippen molar-refractivity contribution in [1.29, 1.82) is 0 Å². The van der Waals surface area contributed by atoms with Gasteiger partial charge in [-0.3, -0.25) is 14.9 Å². The summed E-state index contributed by atoms with van der Waals surface area (Å²) < 4.78 is 0. The van der Waals surface area contributed by atoms with E-state index in [2.05, 4.69) is 20.6 Å². The van der Waals surface area contributed by atoms with Gasteiger partial charge < -0.3 is 16.0 Å². The number of aromatic nitrogens is 2. The normalized spacial score (nSPS) is 15.7. The molecule has 0 unspecified atom stereocenters. The van der Waals surface area contributed by atoms with Gasteiger partial charge in [0.15, 0.2) is 0 Å². The molecule has 8 heteroatoms. The molecule has 1 aliphatic rings. The maximum atomic E-state index is 11.2. The van der Waals surface area contributed by atoms with Crippen molar-refractivity contribution in [2.75, 3.05) is 36.1 Å². The Hall–Kier alpha value is -2.38. The van der Waals surface area contributed by atoms with Crippen LogP contribution in [-0.2, 0) is 9.59 Å². The predicted molar refractivity (Wildman–Crippen MR) is 61.4 cm³/mol. The topological polar surface area (TPSA) is 113 Å². The molecule has 1 aromatic rings. The number of nitrogens with zero attached hydrogens (tertiary/aromatic N) is 3. The SMILES string of the molecule is CNc1cc(N2CC(=O)NC(=O)C2)nc(N)n1. The highest BCUT2D eigenvalue weighted by atomic mass is 16.2. The van der Waals surface area contributed by atoms with Gasteiger partial charge in [0.1, 0.15) is 11.6 Å². The van der Waals surface area contributed by atoms with Crippen LogP contribution in [0.15, 0.2) is 6.07 Å². The molecule has 2 heterocycles. The van der Waals surface area contributed by atoms with E-state index >= 15 is 0 Å². The van der Waals surface area contributed by atoms with Gasteiger partial charge >= 0.3 is 0 Å². The van der Waals surface area contributed by atoms with E-state index < -0.39 is 0 Å². The van der Waals surface area contributed by atoms with Crippen LogP contribution in [-0.4, -0.2) is 41.9 Å². The molecule has 17 heavy (non-hydrogen) atoms. The largest absolute Gasteiger partial charge is 0.373 e. The molecule has 1 aromatic heterocycles. The number of nitrogen functional groups attached to an aromatic ring is 1. The highest BCUT2D eigenvalue weighted by Crippen LogP contribution is 2.17. The van der Waals surface area contributed by atoms with Crippen molar-refractivity contribution in [2.45, 2.75) is 0 Å². The van der Waals surface area contributed by atoms with Crippen molar-refractivity contribution in [1.82, 2.24) is 15.3 Å². The molecule has 1 saturated heterocycles. The Kier molecular flexibility index (Phi) is 2.77. The second kappa shape index (κ2) is 4.24. The molecule has 0 saturated carbocycles. The second-order valence-corrected chi connectivity index (χ2v) is 3.55. The molecule has 0 aromatic carbocycles. The highest BCUT2D eigenvalue weighted by molar-refractivity contribution is 6.02. The lowest BCUT2D eigenvalue weighted by atomic mass is 10.3. The Balaban J connectivity index is 2.29. The van der Waals surface area contributed by atoms with Crippen LogP contribution in [0.3, 0.4) is 0 Å². The maximum Gasteiger partial charge on any atom is 0.246 e. The lowest BCUT2D eigenvalue weighted by Crippen LogP contribution is -2.51. The van der Waals surface area contributed by atoms with Gasteiger partial charge in [-0.05, 0) is 0 Å². The molecular formula is C9H12N6O2. The number of rotatable bonds is 2. The third-order valence-electron chi connectivity index (χ3n) is 2.26. The maximum absolute atomic E-state index is 11.2. The van der Waals surface area contributed by atoms with Crippen molar-refractivity contribution in [3.05, 3.63) is 6.07 Å². The number of anilines is 3. The fourth-order valence-electron chi connectivity index (χ4n) is 1.54. The van der Waals surface area contributed by atoms with E-state index in [1.54, 1.807) is 18.0 Å². The first-order valence-corrected chi connectivity index (χ1v) is 4.98. The van der Waals surface area contributed by atoms with Crippen LogP contribution < -0.4 is 21.3 Å². The molecule has 4 N–H and O–H groups in total. The Labute approximate surface area is 97.2 Å². The fraction of sp³-hybridized carbons (Fsp3) is 0.333. The predicted octanol–water partition coefficient (Wildman–Crippen LogP) is -1.44. The summed E-state index contributed by atoms with van der Waals surface area (Å²) in [5.41, 5.74) is 5.54. The average Bonchev–Trinajstić information content (AvgIpc) is 2.26. The fourth-order valence-corrected chi connectivity index (χ4v) is 1.54. The van der Waals surface area contributed by atoms with Gasteiger partial charge in [-0.15, -0.1) is 0 Å². The molecular weight excluding hydrogens is 224 g/mol. The van der Waals surface area contributed by atoms with Gasteiger partial charge in [0.05, 0.1) is 13.1 Å². The molecule has 90 valence electrons. The van der Waals surface area contributed by atoms with E-state index in [1.807, 2.05) is 0 Å². The Morgan fingerprint density at radius 2 is 2.00 bits per heavy atom. The quantitative estimate of drug-likeness (QED) is 0.539. The number of nitrogens with one attached hydrogen (secondary N) is 2. The summed E-state index contributed by atoms with van der Waals surface area (Å²) in [4.78, 5) is 31.9. The number of piperazine rings is 1. The van der Waals surface area contributed by atoms with Crippen molar-refractivity contribution in [2.24, 2.45) is 0 Å². The summed E-state index contributed by atoms with van der Waals surface area (Å²) in [5, 5.41) is 5.04. The number of amides is 2. The minimum absolute atomic E-state index is 0.0747. The zero-order chi connectivity index (χ0) is 12.4. The van der Waals surface area contributed by atoms with Crippen LogP contribution in [0.4, 0.5) is 17.6 Å². The molecule has 2 amide bonds. The Bertz CT molecular complexity index is 459. The first-order chi connectivity index (χ1) is 8.08. The summed E-state index contributed by atoms with van der Waals surface area (Å²) in [6, 6.07) is 1.63. The molecule has 0 radical (unpaired) electrons. The van der Waals surface area contributed by atoms with Gasteiger partial charge in [-0.1, -0.05) is 0 Å². The summed E-state index contributed by atoms with van der Waals surface area (Å²) in [7, 11) is 1.69. The van der Waals surface area contributed by atoms with Gasteiger partial charge in [-0.25, -0.2) is 0 Å². The van der Waals surface area contributed by atoms with Crippen LogP contribution in [0.25, 0.3) is 0 Å². The first kappa shape index (κ1) is 11.1. The molecule has 1 fully saturated rings. The second-order valence-electron chi connectivity index (χ2n) is 3.55. The molecule has 0 spiro atoms. The van der Waals surface area contributed by atoms with Gasteiger partial charge in [0.25, 0.3) is 0 Å². The molecule has 2 rings (SSSR count). The van der Waals surface area contributed by atoms with Crippen molar-refractivity contribution in [3.8, 4) is 0 Å². The number of hydrogen-bond acceptors (Lipinski definition) is 7. The van der Waals surface area contributed by atoms with E-state index in [0.29, 0.717) is 11.6 Å².